The molecule has 0 radical (unpaired) electrons. The average molecular weight is 191 g/mol. The standard InChI is InChI=1S/C9H9N3O2/c1-6-2-7-9(10-3-6)12(5-13)4-8(14)11-7/h2-3,5H,4H2,1H3,(H,11,14). The molecule has 2 rings (SSSR count). The molecule has 1 aliphatic rings. The van der Waals surface area contributed by atoms with Gasteiger partial charge in [0.2, 0.25) is 12.3 Å². The molecule has 0 spiro atoms. The van der Waals surface area contributed by atoms with E-state index in [9.17, 15) is 9.59 Å². The number of carbonyl (C=O) groups is 2. The average Bonchev–Trinajstić information content (AvgIpc) is 2.15. The molecule has 1 N–H and O–H groups in total. The van der Waals surface area contributed by atoms with E-state index in [0.717, 1.165) is 5.56 Å². The van der Waals surface area contributed by atoms with E-state index >= 15 is 0 Å². The van der Waals surface area contributed by atoms with Crippen LogP contribution < -0.4 is 10.2 Å². The van der Waals surface area contributed by atoms with E-state index in [4.69, 9.17) is 0 Å². The maximum absolute atomic E-state index is 11.2. The van der Waals surface area contributed by atoms with Gasteiger partial charge in [-0.25, -0.2) is 4.98 Å². The van der Waals surface area contributed by atoms with E-state index in [1.807, 2.05) is 6.92 Å². The van der Waals surface area contributed by atoms with Crippen molar-refractivity contribution in [3.05, 3.63) is 17.8 Å². The summed E-state index contributed by atoms with van der Waals surface area (Å²) in [4.78, 5) is 27.2. The van der Waals surface area contributed by atoms with E-state index < -0.39 is 0 Å². The molecule has 1 aromatic rings. The number of aromatic nitrogens is 1. The number of pyridine rings is 1. The maximum Gasteiger partial charge on any atom is 0.244 e. The largest absolute Gasteiger partial charge is 0.321 e. The molecule has 0 aliphatic carbocycles. The first kappa shape index (κ1) is 8.68. The number of nitrogens with one attached hydrogen (secondary N) is 1. The second kappa shape index (κ2) is 3.10. The van der Waals surface area contributed by atoms with Crippen molar-refractivity contribution >= 4 is 23.8 Å². The first-order chi connectivity index (χ1) is 6.70. The van der Waals surface area contributed by atoms with Crippen LogP contribution in [0.5, 0.6) is 0 Å². The summed E-state index contributed by atoms with van der Waals surface area (Å²) in [6, 6.07) is 1.79. The molecule has 0 atom stereocenters. The van der Waals surface area contributed by atoms with Crippen molar-refractivity contribution in [3.63, 3.8) is 0 Å². The Morgan fingerprint density at radius 1 is 1.64 bits per heavy atom. The third-order valence-electron chi connectivity index (χ3n) is 1.99. The molecule has 0 aromatic carbocycles. The molecular weight excluding hydrogens is 182 g/mol. The molecule has 2 amide bonds. The van der Waals surface area contributed by atoms with Gasteiger partial charge >= 0.3 is 0 Å². The van der Waals surface area contributed by atoms with Crippen LogP contribution in [0.4, 0.5) is 11.5 Å². The highest BCUT2D eigenvalue weighted by Crippen LogP contribution is 2.26. The Morgan fingerprint density at radius 2 is 2.43 bits per heavy atom. The Bertz CT molecular complexity index is 403. The number of fused-ring (bicyclic) bond motifs is 1. The second-order valence-electron chi connectivity index (χ2n) is 3.17. The third kappa shape index (κ3) is 1.32. The van der Waals surface area contributed by atoms with E-state index in [-0.39, 0.29) is 12.5 Å². The Labute approximate surface area is 80.7 Å². The molecule has 72 valence electrons. The summed E-state index contributed by atoms with van der Waals surface area (Å²) in [5, 5.41) is 2.66. The molecule has 0 saturated heterocycles. The van der Waals surface area contributed by atoms with Gasteiger partial charge in [-0.3, -0.25) is 14.5 Å². The van der Waals surface area contributed by atoms with Crippen LogP contribution in [0.15, 0.2) is 12.3 Å². The van der Waals surface area contributed by atoms with Crippen molar-refractivity contribution in [1.29, 1.82) is 0 Å². The van der Waals surface area contributed by atoms with Gasteiger partial charge in [-0.05, 0) is 18.6 Å². The predicted molar refractivity (Wildman–Crippen MR) is 51.0 cm³/mol. The highest BCUT2D eigenvalue weighted by Gasteiger charge is 2.22. The van der Waals surface area contributed by atoms with Gasteiger partial charge in [0.05, 0.1) is 5.69 Å². The Morgan fingerprint density at radius 3 is 3.14 bits per heavy atom. The van der Waals surface area contributed by atoms with Crippen LogP contribution in [-0.4, -0.2) is 23.8 Å². The number of anilines is 2. The Kier molecular flexibility index (Phi) is 1.92. The van der Waals surface area contributed by atoms with Gasteiger partial charge in [0, 0.05) is 6.20 Å². The fourth-order valence-corrected chi connectivity index (χ4v) is 1.39. The lowest BCUT2D eigenvalue weighted by Crippen LogP contribution is -2.37. The third-order valence-corrected chi connectivity index (χ3v) is 1.99. The first-order valence-corrected chi connectivity index (χ1v) is 4.19. The molecule has 14 heavy (non-hydrogen) atoms. The van der Waals surface area contributed by atoms with E-state index in [1.165, 1.54) is 4.90 Å². The van der Waals surface area contributed by atoms with E-state index in [1.54, 1.807) is 12.3 Å². The van der Waals surface area contributed by atoms with Gasteiger partial charge in [-0.15, -0.1) is 0 Å². The monoisotopic (exact) mass is 191 g/mol. The van der Waals surface area contributed by atoms with E-state index in [2.05, 4.69) is 10.3 Å². The highest BCUT2D eigenvalue weighted by atomic mass is 16.2. The fraction of sp³-hybridized carbons (Fsp3) is 0.222. The minimum atomic E-state index is -0.197. The van der Waals surface area contributed by atoms with Crippen molar-refractivity contribution in [2.24, 2.45) is 0 Å². The molecule has 0 saturated carbocycles. The van der Waals surface area contributed by atoms with Crippen LogP contribution in [0.25, 0.3) is 0 Å². The SMILES string of the molecule is Cc1cnc2c(c1)NC(=O)CN2C=O. The number of carbonyl (C=O) groups excluding carboxylic acids is 2. The van der Waals surface area contributed by atoms with Crippen molar-refractivity contribution in [2.45, 2.75) is 6.92 Å². The lowest BCUT2D eigenvalue weighted by Gasteiger charge is -2.24. The van der Waals surface area contributed by atoms with Gasteiger partial charge in [-0.1, -0.05) is 0 Å². The van der Waals surface area contributed by atoms with Crippen LogP contribution in [0.1, 0.15) is 5.56 Å². The van der Waals surface area contributed by atoms with Crippen LogP contribution >= 0.6 is 0 Å². The molecule has 2 heterocycles. The molecule has 0 bridgehead atoms. The van der Waals surface area contributed by atoms with Crippen molar-refractivity contribution in [3.8, 4) is 0 Å². The smallest absolute Gasteiger partial charge is 0.244 e. The molecule has 5 nitrogen and oxygen atoms in total. The first-order valence-electron chi connectivity index (χ1n) is 4.19. The summed E-state index contributed by atoms with van der Waals surface area (Å²) >= 11 is 0. The molecule has 1 aromatic heterocycles. The molecule has 0 unspecified atom stereocenters. The van der Waals surface area contributed by atoms with Crippen molar-refractivity contribution in [2.75, 3.05) is 16.8 Å². The predicted octanol–water partition coefficient (Wildman–Crippen LogP) is 0.305. The lowest BCUT2D eigenvalue weighted by molar-refractivity contribution is -0.117. The summed E-state index contributed by atoms with van der Waals surface area (Å²) in [5.74, 6) is 0.308. The zero-order valence-corrected chi connectivity index (χ0v) is 7.65. The zero-order chi connectivity index (χ0) is 10.1. The molecule has 0 fully saturated rings. The van der Waals surface area contributed by atoms with Crippen molar-refractivity contribution < 1.29 is 9.59 Å². The minimum Gasteiger partial charge on any atom is -0.321 e. The summed E-state index contributed by atoms with van der Waals surface area (Å²) in [6.07, 6.45) is 2.27. The summed E-state index contributed by atoms with van der Waals surface area (Å²) < 4.78 is 0. The van der Waals surface area contributed by atoms with Gasteiger partial charge in [0.25, 0.3) is 0 Å². The minimum absolute atomic E-state index is 0.0343. The van der Waals surface area contributed by atoms with Crippen LogP contribution in [0.3, 0.4) is 0 Å². The summed E-state index contributed by atoms with van der Waals surface area (Å²) in [7, 11) is 0. The van der Waals surface area contributed by atoms with Crippen molar-refractivity contribution in [1.82, 2.24) is 4.98 Å². The highest BCUT2D eigenvalue weighted by molar-refractivity contribution is 6.04. The van der Waals surface area contributed by atoms with Crippen LogP contribution in [0.2, 0.25) is 0 Å². The number of aryl methyl sites for hydroxylation is 1. The normalized spacial score (nSPS) is 14.6. The fourth-order valence-electron chi connectivity index (χ4n) is 1.39. The number of amides is 2. The Hall–Kier alpha value is -1.91. The van der Waals surface area contributed by atoms with E-state index in [0.29, 0.717) is 17.9 Å². The number of hydrogen-bond acceptors (Lipinski definition) is 3. The maximum atomic E-state index is 11.2. The number of rotatable bonds is 1. The van der Waals surface area contributed by atoms with Gasteiger partial charge in [-0.2, -0.15) is 0 Å². The molecule has 1 aliphatic heterocycles. The Balaban J connectivity index is 2.50. The molecule has 5 heteroatoms. The van der Waals surface area contributed by atoms with Crippen LogP contribution in [0, 0.1) is 6.92 Å². The second-order valence-corrected chi connectivity index (χ2v) is 3.17. The number of hydrogen-bond donors (Lipinski definition) is 1. The molecular formula is C9H9N3O2. The quantitative estimate of drug-likeness (QED) is 0.649. The zero-order valence-electron chi connectivity index (χ0n) is 7.65. The van der Waals surface area contributed by atoms with Crippen LogP contribution in [-0.2, 0) is 9.59 Å². The number of nitrogens with zero attached hydrogens (tertiary/aromatic N) is 2. The lowest BCUT2D eigenvalue weighted by atomic mass is 10.2. The summed E-state index contributed by atoms with van der Waals surface area (Å²) in [5.41, 5.74) is 1.53. The topological polar surface area (TPSA) is 62.3 Å². The summed E-state index contributed by atoms with van der Waals surface area (Å²) in [6.45, 7) is 1.91. The van der Waals surface area contributed by atoms with Gasteiger partial charge in [0.15, 0.2) is 5.82 Å². The van der Waals surface area contributed by atoms with Gasteiger partial charge in [0.1, 0.15) is 6.54 Å². The van der Waals surface area contributed by atoms with Gasteiger partial charge < -0.3 is 5.32 Å².